The number of ether oxygens (including phenoxy) is 2. The van der Waals surface area contributed by atoms with Gasteiger partial charge in [0.25, 0.3) is 5.91 Å². The second-order valence-electron chi connectivity index (χ2n) is 5.51. The molecule has 0 saturated heterocycles. The maximum atomic E-state index is 12.4. The SMILES string of the molecule is CCCOc1cc(/C=C(\C#N)C(=O)Nc2cc(Cl)ccc2Cl)ccc1OC. The first-order valence-corrected chi connectivity index (χ1v) is 8.93. The zero-order chi connectivity index (χ0) is 19.8. The molecule has 0 aliphatic carbocycles. The molecule has 27 heavy (non-hydrogen) atoms. The van der Waals surface area contributed by atoms with E-state index in [9.17, 15) is 10.1 Å². The molecule has 0 atom stereocenters. The highest BCUT2D eigenvalue weighted by Gasteiger charge is 2.13. The van der Waals surface area contributed by atoms with E-state index >= 15 is 0 Å². The van der Waals surface area contributed by atoms with E-state index < -0.39 is 5.91 Å². The van der Waals surface area contributed by atoms with Gasteiger partial charge in [-0.3, -0.25) is 4.79 Å². The molecule has 0 saturated carbocycles. The van der Waals surface area contributed by atoms with Gasteiger partial charge in [0, 0.05) is 5.02 Å². The summed E-state index contributed by atoms with van der Waals surface area (Å²) in [5, 5.41) is 12.7. The Kier molecular flexibility index (Phi) is 7.54. The molecule has 1 amide bonds. The zero-order valence-electron chi connectivity index (χ0n) is 14.9. The van der Waals surface area contributed by atoms with E-state index in [1.807, 2.05) is 13.0 Å². The Hall–Kier alpha value is -2.68. The normalized spacial score (nSPS) is 10.9. The van der Waals surface area contributed by atoms with Gasteiger partial charge in [-0.1, -0.05) is 36.2 Å². The molecule has 0 bridgehead atoms. The van der Waals surface area contributed by atoms with Crippen LogP contribution in [0.3, 0.4) is 0 Å². The number of hydrogen-bond donors (Lipinski definition) is 1. The highest BCUT2D eigenvalue weighted by molar-refractivity contribution is 6.36. The van der Waals surface area contributed by atoms with Gasteiger partial charge in [-0.15, -0.1) is 0 Å². The number of benzene rings is 2. The van der Waals surface area contributed by atoms with E-state index in [0.29, 0.717) is 39.4 Å². The van der Waals surface area contributed by atoms with Gasteiger partial charge in [0.05, 0.1) is 24.4 Å². The smallest absolute Gasteiger partial charge is 0.266 e. The summed E-state index contributed by atoms with van der Waals surface area (Å²) < 4.78 is 10.9. The van der Waals surface area contributed by atoms with Gasteiger partial charge < -0.3 is 14.8 Å². The first kappa shape index (κ1) is 20.6. The minimum absolute atomic E-state index is 0.0855. The monoisotopic (exact) mass is 404 g/mol. The van der Waals surface area contributed by atoms with Gasteiger partial charge >= 0.3 is 0 Å². The summed E-state index contributed by atoms with van der Waals surface area (Å²) in [6, 6.07) is 11.7. The lowest BCUT2D eigenvalue weighted by Crippen LogP contribution is -2.13. The molecule has 2 aromatic rings. The van der Waals surface area contributed by atoms with E-state index in [0.717, 1.165) is 6.42 Å². The number of methoxy groups -OCH3 is 1. The summed E-state index contributed by atoms with van der Waals surface area (Å²) in [4.78, 5) is 12.4. The van der Waals surface area contributed by atoms with Crippen LogP contribution in [0.2, 0.25) is 10.0 Å². The predicted octanol–water partition coefficient (Wildman–Crippen LogP) is 5.34. The Bertz CT molecular complexity index is 905. The van der Waals surface area contributed by atoms with Crippen molar-refractivity contribution in [1.82, 2.24) is 0 Å². The standard InChI is InChI=1S/C20H18Cl2N2O3/c1-3-8-27-19-10-13(4-7-18(19)26-2)9-14(12-23)20(25)24-17-11-15(21)5-6-16(17)22/h4-7,9-11H,3,8H2,1-2H3,(H,24,25)/b14-9+. The maximum absolute atomic E-state index is 12.4. The van der Waals surface area contributed by atoms with Crippen LogP contribution in [-0.4, -0.2) is 19.6 Å². The minimum Gasteiger partial charge on any atom is -0.493 e. The Labute approximate surface area is 168 Å². The zero-order valence-corrected chi connectivity index (χ0v) is 16.4. The lowest BCUT2D eigenvalue weighted by Gasteiger charge is -2.11. The molecule has 0 fully saturated rings. The molecule has 2 rings (SSSR count). The van der Waals surface area contributed by atoms with Crippen LogP contribution in [-0.2, 0) is 4.79 Å². The molecule has 1 N–H and O–H groups in total. The van der Waals surface area contributed by atoms with Crippen LogP contribution in [0.1, 0.15) is 18.9 Å². The molecule has 0 radical (unpaired) electrons. The van der Waals surface area contributed by atoms with Crippen LogP contribution in [0.5, 0.6) is 11.5 Å². The summed E-state index contributed by atoms with van der Waals surface area (Å²) in [5.41, 5.74) is 0.875. The number of nitrogens with zero attached hydrogens (tertiary/aromatic N) is 1. The van der Waals surface area contributed by atoms with Gasteiger partial charge in [0.15, 0.2) is 11.5 Å². The van der Waals surface area contributed by atoms with Crippen molar-refractivity contribution in [3.63, 3.8) is 0 Å². The highest BCUT2D eigenvalue weighted by Crippen LogP contribution is 2.29. The lowest BCUT2D eigenvalue weighted by atomic mass is 10.1. The molecule has 0 aliphatic heterocycles. The van der Waals surface area contributed by atoms with Crippen LogP contribution in [0.25, 0.3) is 6.08 Å². The van der Waals surface area contributed by atoms with Gasteiger partial charge in [-0.2, -0.15) is 5.26 Å². The van der Waals surface area contributed by atoms with Crippen molar-refractivity contribution < 1.29 is 14.3 Å². The third-order valence-corrected chi connectivity index (χ3v) is 4.07. The molecular formula is C20H18Cl2N2O3. The summed E-state index contributed by atoms with van der Waals surface area (Å²) >= 11 is 12.0. The summed E-state index contributed by atoms with van der Waals surface area (Å²) in [6.45, 7) is 2.53. The van der Waals surface area contributed by atoms with Crippen LogP contribution in [0.4, 0.5) is 5.69 Å². The third-order valence-electron chi connectivity index (χ3n) is 3.50. The molecule has 2 aromatic carbocycles. The van der Waals surface area contributed by atoms with Crippen LogP contribution >= 0.6 is 23.2 Å². The molecule has 140 valence electrons. The van der Waals surface area contributed by atoms with E-state index in [-0.39, 0.29) is 5.57 Å². The number of nitriles is 1. The Morgan fingerprint density at radius 1 is 1.22 bits per heavy atom. The topological polar surface area (TPSA) is 71.3 Å². The third kappa shape index (κ3) is 5.65. The maximum Gasteiger partial charge on any atom is 0.266 e. The number of rotatable bonds is 7. The predicted molar refractivity (Wildman–Crippen MR) is 107 cm³/mol. The number of amides is 1. The van der Waals surface area contributed by atoms with Crippen LogP contribution in [0.15, 0.2) is 42.0 Å². The van der Waals surface area contributed by atoms with Crippen molar-refractivity contribution in [2.75, 3.05) is 19.0 Å². The van der Waals surface area contributed by atoms with Gasteiger partial charge in [0.2, 0.25) is 0 Å². The Morgan fingerprint density at radius 2 is 2.00 bits per heavy atom. The quantitative estimate of drug-likeness (QED) is 0.499. The number of carbonyl (C=O) groups excluding carboxylic acids is 1. The first-order chi connectivity index (χ1) is 13.0. The van der Waals surface area contributed by atoms with Crippen molar-refractivity contribution in [3.05, 3.63) is 57.6 Å². The Balaban J connectivity index is 2.28. The molecule has 7 heteroatoms. The van der Waals surface area contributed by atoms with Crippen molar-refractivity contribution in [3.8, 4) is 17.6 Å². The fourth-order valence-corrected chi connectivity index (χ4v) is 2.54. The summed E-state index contributed by atoms with van der Waals surface area (Å²) in [6.07, 6.45) is 2.31. The average Bonchev–Trinajstić information content (AvgIpc) is 2.67. The number of hydrogen-bond acceptors (Lipinski definition) is 4. The van der Waals surface area contributed by atoms with Crippen molar-refractivity contribution in [1.29, 1.82) is 5.26 Å². The number of carbonyl (C=O) groups is 1. The number of anilines is 1. The van der Waals surface area contributed by atoms with Gasteiger partial charge in [-0.05, 0) is 48.4 Å². The summed E-state index contributed by atoms with van der Waals surface area (Å²) in [7, 11) is 1.55. The van der Waals surface area contributed by atoms with Gasteiger partial charge in [-0.25, -0.2) is 0 Å². The van der Waals surface area contributed by atoms with Crippen molar-refractivity contribution in [2.24, 2.45) is 0 Å². The number of halogens is 2. The fourth-order valence-electron chi connectivity index (χ4n) is 2.21. The van der Waals surface area contributed by atoms with Crippen LogP contribution < -0.4 is 14.8 Å². The average molecular weight is 405 g/mol. The van der Waals surface area contributed by atoms with Crippen LogP contribution in [0, 0.1) is 11.3 Å². The second kappa shape index (κ2) is 9.86. The number of nitrogens with one attached hydrogen (secondary N) is 1. The fraction of sp³-hybridized carbons (Fsp3) is 0.200. The summed E-state index contributed by atoms with van der Waals surface area (Å²) in [5.74, 6) is 0.534. The Morgan fingerprint density at radius 3 is 2.67 bits per heavy atom. The first-order valence-electron chi connectivity index (χ1n) is 8.17. The van der Waals surface area contributed by atoms with E-state index in [1.165, 1.54) is 12.1 Å². The second-order valence-corrected chi connectivity index (χ2v) is 6.35. The highest BCUT2D eigenvalue weighted by atomic mass is 35.5. The molecule has 0 heterocycles. The van der Waals surface area contributed by atoms with Crippen molar-refractivity contribution >= 4 is 40.9 Å². The van der Waals surface area contributed by atoms with Crippen molar-refractivity contribution in [2.45, 2.75) is 13.3 Å². The molecule has 0 spiro atoms. The molecule has 0 aromatic heterocycles. The molecule has 5 nitrogen and oxygen atoms in total. The molecular weight excluding hydrogens is 387 g/mol. The van der Waals surface area contributed by atoms with Gasteiger partial charge in [0.1, 0.15) is 11.6 Å². The lowest BCUT2D eigenvalue weighted by molar-refractivity contribution is -0.112. The minimum atomic E-state index is -0.589. The van der Waals surface area contributed by atoms with E-state index in [2.05, 4.69) is 5.32 Å². The molecule has 0 unspecified atom stereocenters. The van der Waals surface area contributed by atoms with E-state index in [1.54, 1.807) is 37.4 Å². The molecule has 0 aliphatic rings. The van der Waals surface area contributed by atoms with E-state index in [4.69, 9.17) is 32.7 Å². The largest absolute Gasteiger partial charge is 0.493 e.